The van der Waals surface area contributed by atoms with Crippen LogP contribution < -0.4 is 0 Å². The number of hydrogen-bond acceptors (Lipinski definition) is 2. The quantitative estimate of drug-likeness (QED) is 0.553. The number of aldehydes is 2. The number of carbonyl (C=O) groups excluding carboxylic acids is 2. The first-order valence-corrected chi connectivity index (χ1v) is 6.42. The summed E-state index contributed by atoms with van der Waals surface area (Å²) in [5, 5.41) is 0. The molecule has 2 aliphatic carbocycles. The zero-order valence-electron chi connectivity index (χ0n) is 10.5. The van der Waals surface area contributed by atoms with Gasteiger partial charge in [-0.1, -0.05) is 19.1 Å². The van der Waals surface area contributed by atoms with Crippen LogP contribution in [0.25, 0.3) is 0 Å². The molecule has 92 valence electrons. The molecule has 0 amide bonds. The Bertz CT molecular complexity index is 392. The Kier molecular flexibility index (Phi) is 3.32. The van der Waals surface area contributed by atoms with Gasteiger partial charge in [-0.2, -0.15) is 0 Å². The molecular weight excluding hydrogens is 212 g/mol. The van der Waals surface area contributed by atoms with Crippen molar-refractivity contribution in [2.45, 2.75) is 45.4 Å². The topological polar surface area (TPSA) is 34.1 Å². The summed E-state index contributed by atoms with van der Waals surface area (Å²) in [5.74, 6) is 0.253. The Balaban J connectivity index is 2.30. The lowest BCUT2D eigenvalue weighted by Crippen LogP contribution is -2.32. The lowest BCUT2D eigenvalue weighted by Gasteiger charge is -2.43. The van der Waals surface area contributed by atoms with Gasteiger partial charge in [0.1, 0.15) is 12.6 Å². The fourth-order valence-electron chi connectivity index (χ4n) is 3.40. The lowest BCUT2D eigenvalue weighted by atomic mass is 9.61. The molecular formula is C15H20O2. The normalized spacial score (nSPS) is 32.9. The number of hydrogen-bond donors (Lipinski definition) is 0. The van der Waals surface area contributed by atoms with Gasteiger partial charge in [0, 0.05) is 0 Å². The van der Waals surface area contributed by atoms with Crippen molar-refractivity contribution < 1.29 is 9.59 Å². The van der Waals surface area contributed by atoms with E-state index in [1.54, 1.807) is 0 Å². The van der Waals surface area contributed by atoms with Crippen LogP contribution in [0, 0.1) is 11.3 Å². The molecule has 0 aromatic rings. The summed E-state index contributed by atoms with van der Waals surface area (Å²) in [6.45, 7) is 6.10. The minimum atomic E-state index is 0.203. The second kappa shape index (κ2) is 4.59. The van der Waals surface area contributed by atoms with Crippen LogP contribution in [0.2, 0.25) is 0 Å². The first kappa shape index (κ1) is 12.3. The molecule has 0 unspecified atom stereocenters. The maximum Gasteiger partial charge on any atom is 0.145 e. The second-order valence-corrected chi connectivity index (χ2v) is 5.67. The van der Waals surface area contributed by atoms with Crippen LogP contribution in [0.1, 0.15) is 45.4 Å². The molecule has 0 spiro atoms. The minimum absolute atomic E-state index is 0.203. The predicted octanol–water partition coefficient (Wildman–Crippen LogP) is 3.23. The van der Waals surface area contributed by atoms with Crippen molar-refractivity contribution in [2.24, 2.45) is 11.3 Å². The van der Waals surface area contributed by atoms with E-state index < -0.39 is 0 Å². The molecule has 2 atom stereocenters. The van der Waals surface area contributed by atoms with E-state index in [1.807, 2.05) is 0 Å². The minimum Gasteiger partial charge on any atom is -0.298 e. The zero-order chi connectivity index (χ0) is 12.5. The molecule has 0 bridgehead atoms. The van der Waals surface area contributed by atoms with Crippen molar-refractivity contribution in [2.75, 3.05) is 0 Å². The molecule has 0 saturated heterocycles. The summed E-state index contributed by atoms with van der Waals surface area (Å²) in [6.07, 6.45) is 8.08. The zero-order valence-corrected chi connectivity index (χ0v) is 10.5. The fraction of sp³-hybridized carbons (Fsp3) is 0.600. The molecule has 0 aromatic carbocycles. The van der Waals surface area contributed by atoms with Crippen molar-refractivity contribution in [1.82, 2.24) is 0 Å². The molecule has 0 heterocycles. The Morgan fingerprint density at radius 1 is 1.41 bits per heavy atom. The van der Waals surface area contributed by atoms with Crippen LogP contribution in [0.15, 0.2) is 23.3 Å². The van der Waals surface area contributed by atoms with Crippen LogP contribution in [-0.4, -0.2) is 12.6 Å². The van der Waals surface area contributed by atoms with E-state index in [0.29, 0.717) is 5.57 Å². The molecule has 0 radical (unpaired) electrons. The summed E-state index contributed by atoms with van der Waals surface area (Å²) >= 11 is 0. The van der Waals surface area contributed by atoms with Crippen molar-refractivity contribution in [3.8, 4) is 0 Å². The summed E-state index contributed by atoms with van der Waals surface area (Å²) in [5.41, 5.74) is 3.18. The van der Waals surface area contributed by atoms with E-state index in [0.717, 1.165) is 50.2 Å². The molecule has 0 N–H and O–H groups in total. The van der Waals surface area contributed by atoms with Crippen LogP contribution in [0.5, 0.6) is 0 Å². The van der Waals surface area contributed by atoms with Gasteiger partial charge in [-0.3, -0.25) is 9.59 Å². The maximum absolute atomic E-state index is 11.2. The Morgan fingerprint density at radius 2 is 2.18 bits per heavy atom. The molecule has 2 nitrogen and oxygen atoms in total. The SMILES string of the molecule is C=C(C=O)[C@@H]1CC[C@@]2(C)CCCC(C=O)=C2C1. The number of fused-ring (bicyclic) bond motifs is 1. The molecule has 2 heteroatoms. The predicted molar refractivity (Wildman–Crippen MR) is 67.6 cm³/mol. The Labute approximate surface area is 103 Å². The van der Waals surface area contributed by atoms with Crippen LogP contribution in [0.3, 0.4) is 0 Å². The maximum atomic E-state index is 11.2. The van der Waals surface area contributed by atoms with Gasteiger partial charge >= 0.3 is 0 Å². The molecule has 0 aliphatic heterocycles. The van der Waals surface area contributed by atoms with Gasteiger partial charge in [-0.25, -0.2) is 0 Å². The Hall–Kier alpha value is -1.18. The van der Waals surface area contributed by atoms with Gasteiger partial charge in [0.15, 0.2) is 0 Å². The van der Waals surface area contributed by atoms with Crippen molar-refractivity contribution in [3.05, 3.63) is 23.3 Å². The largest absolute Gasteiger partial charge is 0.298 e. The highest BCUT2D eigenvalue weighted by molar-refractivity contribution is 5.76. The molecule has 1 saturated carbocycles. The van der Waals surface area contributed by atoms with Gasteiger partial charge in [0.05, 0.1) is 0 Å². The van der Waals surface area contributed by atoms with Gasteiger partial charge in [-0.05, 0) is 61.0 Å². The first-order chi connectivity index (χ1) is 8.10. The molecule has 2 aliphatic rings. The molecule has 17 heavy (non-hydrogen) atoms. The third-order valence-corrected chi connectivity index (χ3v) is 4.60. The van der Waals surface area contributed by atoms with Crippen LogP contribution >= 0.6 is 0 Å². The van der Waals surface area contributed by atoms with E-state index in [2.05, 4.69) is 13.5 Å². The standard InChI is InChI=1S/C15H20O2/c1-11(9-16)12-5-7-15(2)6-3-4-13(10-17)14(15)8-12/h9-10,12H,1,3-8H2,2H3/t12-,15-/m1/s1. The highest BCUT2D eigenvalue weighted by Crippen LogP contribution is 2.51. The first-order valence-electron chi connectivity index (χ1n) is 6.42. The number of allylic oxidation sites excluding steroid dienone is 3. The third-order valence-electron chi connectivity index (χ3n) is 4.60. The summed E-state index contributed by atoms with van der Waals surface area (Å²) in [7, 11) is 0. The van der Waals surface area contributed by atoms with E-state index in [4.69, 9.17) is 0 Å². The van der Waals surface area contributed by atoms with Gasteiger partial charge in [0.25, 0.3) is 0 Å². The van der Waals surface area contributed by atoms with Crippen LogP contribution in [0.4, 0.5) is 0 Å². The molecule has 0 aromatic heterocycles. The summed E-state index contributed by atoms with van der Waals surface area (Å²) in [4.78, 5) is 22.0. The highest BCUT2D eigenvalue weighted by atomic mass is 16.1. The fourth-order valence-corrected chi connectivity index (χ4v) is 3.40. The monoisotopic (exact) mass is 232 g/mol. The summed E-state index contributed by atoms with van der Waals surface area (Å²) in [6, 6.07) is 0. The third kappa shape index (κ3) is 2.13. The van der Waals surface area contributed by atoms with E-state index >= 15 is 0 Å². The van der Waals surface area contributed by atoms with E-state index in [1.165, 1.54) is 12.0 Å². The van der Waals surface area contributed by atoms with E-state index in [9.17, 15) is 9.59 Å². The summed E-state index contributed by atoms with van der Waals surface area (Å²) < 4.78 is 0. The molecule has 1 fully saturated rings. The van der Waals surface area contributed by atoms with E-state index in [-0.39, 0.29) is 11.3 Å². The lowest BCUT2D eigenvalue weighted by molar-refractivity contribution is -0.105. The second-order valence-electron chi connectivity index (χ2n) is 5.67. The van der Waals surface area contributed by atoms with Crippen molar-refractivity contribution in [3.63, 3.8) is 0 Å². The number of carbonyl (C=O) groups is 2. The van der Waals surface area contributed by atoms with Gasteiger partial charge < -0.3 is 0 Å². The average molecular weight is 232 g/mol. The van der Waals surface area contributed by atoms with Crippen molar-refractivity contribution >= 4 is 12.6 Å². The smallest absolute Gasteiger partial charge is 0.145 e. The van der Waals surface area contributed by atoms with Gasteiger partial charge in [0.2, 0.25) is 0 Å². The highest BCUT2D eigenvalue weighted by Gasteiger charge is 2.39. The van der Waals surface area contributed by atoms with Gasteiger partial charge in [-0.15, -0.1) is 0 Å². The van der Waals surface area contributed by atoms with Crippen LogP contribution in [-0.2, 0) is 9.59 Å². The number of rotatable bonds is 3. The molecule has 2 rings (SSSR count). The Morgan fingerprint density at radius 3 is 2.82 bits per heavy atom. The average Bonchev–Trinajstić information content (AvgIpc) is 2.35. The van der Waals surface area contributed by atoms with Crippen molar-refractivity contribution in [1.29, 1.82) is 0 Å².